The Hall–Kier alpha value is -2.89. The first-order chi connectivity index (χ1) is 11.9. The number of amides is 2. The molecule has 6 heteroatoms. The van der Waals surface area contributed by atoms with Crippen LogP contribution in [0, 0.1) is 6.92 Å². The molecular formula is C19H23N3O3. The molecule has 1 aromatic heterocycles. The third-order valence-electron chi connectivity index (χ3n) is 3.97. The fraction of sp³-hybridized carbons (Fsp3) is 0.316. The van der Waals surface area contributed by atoms with E-state index in [2.05, 4.69) is 10.6 Å². The molecule has 0 aliphatic carbocycles. The molecule has 6 nitrogen and oxygen atoms in total. The van der Waals surface area contributed by atoms with Crippen LogP contribution < -0.4 is 16.2 Å². The van der Waals surface area contributed by atoms with Crippen molar-refractivity contribution in [1.82, 2.24) is 9.88 Å². The molecule has 0 aliphatic rings. The van der Waals surface area contributed by atoms with Gasteiger partial charge in [-0.2, -0.15) is 0 Å². The van der Waals surface area contributed by atoms with Gasteiger partial charge in [-0.15, -0.1) is 0 Å². The zero-order chi connectivity index (χ0) is 18.4. The molecule has 25 heavy (non-hydrogen) atoms. The summed E-state index contributed by atoms with van der Waals surface area (Å²) in [6.07, 6.45) is 0.280. The van der Waals surface area contributed by atoms with E-state index in [-0.39, 0.29) is 42.1 Å². The minimum absolute atomic E-state index is 0.0995. The molecule has 1 aromatic carbocycles. The van der Waals surface area contributed by atoms with Crippen molar-refractivity contribution in [3.8, 4) is 0 Å². The van der Waals surface area contributed by atoms with Crippen molar-refractivity contribution in [2.24, 2.45) is 0 Å². The lowest BCUT2D eigenvalue weighted by Gasteiger charge is -2.16. The quantitative estimate of drug-likeness (QED) is 0.846. The second-order valence-corrected chi connectivity index (χ2v) is 5.88. The van der Waals surface area contributed by atoms with Crippen LogP contribution in [0.5, 0.6) is 0 Å². The number of carbonyl (C=O) groups excluding carboxylic acids is 2. The van der Waals surface area contributed by atoms with Crippen molar-refractivity contribution in [1.29, 1.82) is 0 Å². The second kappa shape index (κ2) is 8.28. The highest BCUT2D eigenvalue weighted by atomic mass is 16.2. The molecular weight excluding hydrogens is 318 g/mol. The van der Waals surface area contributed by atoms with E-state index in [1.807, 2.05) is 37.3 Å². The van der Waals surface area contributed by atoms with Gasteiger partial charge >= 0.3 is 0 Å². The number of rotatable bonds is 6. The van der Waals surface area contributed by atoms with Crippen LogP contribution in [-0.2, 0) is 16.1 Å². The monoisotopic (exact) mass is 341 g/mol. The molecule has 2 aromatic rings. The molecule has 0 saturated carbocycles. The van der Waals surface area contributed by atoms with Crippen LogP contribution in [0.1, 0.15) is 37.6 Å². The molecule has 1 unspecified atom stereocenters. The Morgan fingerprint density at radius 3 is 2.40 bits per heavy atom. The molecule has 2 rings (SSSR count). The molecule has 1 heterocycles. The Balaban J connectivity index is 2.13. The SMILES string of the molecule is CCC(=O)Nc1ccc(C)n(CC(=O)NC(C)c2ccccc2)c1=O. The highest BCUT2D eigenvalue weighted by molar-refractivity contribution is 5.90. The van der Waals surface area contributed by atoms with E-state index in [0.29, 0.717) is 5.69 Å². The Morgan fingerprint density at radius 2 is 1.76 bits per heavy atom. The van der Waals surface area contributed by atoms with Crippen LogP contribution in [0.3, 0.4) is 0 Å². The maximum Gasteiger partial charge on any atom is 0.274 e. The number of aryl methyl sites for hydroxylation is 1. The van der Waals surface area contributed by atoms with E-state index in [0.717, 1.165) is 5.56 Å². The van der Waals surface area contributed by atoms with Crippen molar-refractivity contribution in [2.75, 3.05) is 5.32 Å². The Kier molecular flexibility index (Phi) is 6.11. The zero-order valence-corrected chi connectivity index (χ0v) is 14.7. The molecule has 0 aliphatic heterocycles. The Bertz CT molecular complexity index is 812. The predicted molar refractivity (Wildman–Crippen MR) is 97.4 cm³/mol. The summed E-state index contributed by atoms with van der Waals surface area (Å²) in [5.41, 5.74) is 1.44. The number of benzene rings is 1. The van der Waals surface area contributed by atoms with Crippen LogP contribution >= 0.6 is 0 Å². The topological polar surface area (TPSA) is 80.2 Å². The summed E-state index contributed by atoms with van der Waals surface area (Å²) in [6.45, 7) is 5.25. The van der Waals surface area contributed by atoms with E-state index in [9.17, 15) is 14.4 Å². The number of aromatic nitrogens is 1. The van der Waals surface area contributed by atoms with Gasteiger partial charge in [-0.1, -0.05) is 37.3 Å². The van der Waals surface area contributed by atoms with Gasteiger partial charge in [0.05, 0.1) is 6.04 Å². The van der Waals surface area contributed by atoms with E-state index >= 15 is 0 Å². The summed E-state index contributed by atoms with van der Waals surface area (Å²) in [7, 11) is 0. The summed E-state index contributed by atoms with van der Waals surface area (Å²) in [6, 6.07) is 12.7. The molecule has 0 radical (unpaired) electrons. The Labute approximate surface area is 146 Å². The minimum atomic E-state index is -0.385. The lowest BCUT2D eigenvalue weighted by atomic mass is 10.1. The van der Waals surface area contributed by atoms with Crippen molar-refractivity contribution >= 4 is 17.5 Å². The average molecular weight is 341 g/mol. The van der Waals surface area contributed by atoms with Gasteiger partial charge in [0.25, 0.3) is 5.56 Å². The van der Waals surface area contributed by atoms with Crippen LogP contribution in [0.4, 0.5) is 5.69 Å². The fourth-order valence-electron chi connectivity index (χ4n) is 2.46. The third-order valence-corrected chi connectivity index (χ3v) is 3.97. The van der Waals surface area contributed by atoms with Gasteiger partial charge in [0.15, 0.2) is 0 Å². The van der Waals surface area contributed by atoms with E-state index in [1.54, 1.807) is 26.0 Å². The summed E-state index contributed by atoms with van der Waals surface area (Å²) in [4.78, 5) is 36.3. The summed E-state index contributed by atoms with van der Waals surface area (Å²) in [5.74, 6) is -0.504. The number of nitrogens with zero attached hydrogens (tertiary/aromatic N) is 1. The van der Waals surface area contributed by atoms with Crippen LogP contribution in [0.15, 0.2) is 47.3 Å². The van der Waals surface area contributed by atoms with Crippen molar-refractivity contribution in [3.05, 3.63) is 64.1 Å². The van der Waals surface area contributed by atoms with Gasteiger partial charge in [0, 0.05) is 12.1 Å². The van der Waals surface area contributed by atoms with Crippen LogP contribution in [-0.4, -0.2) is 16.4 Å². The fourth-order valence-corrected chi connectivity index (χ4v) is 2.46. The summed E-state index contributed by atoms with van der Waals surface area (Å²) >= 11 is 0. The van der Waals surface area contributed by atoms with Crippen molar-refractivity contribution in [2.45, 2.75) is 39.8 Å². The number of hydrogen-bond donors (Lipinski definition) is 2. The summed E-state index contributed by atoms with van der Waals surface area (Å²) < 4.78 is 1.36. The highest BCUT2D eigenvalue weighted by Gasteiger charge is 2.14. The first-order valence-electron chi connectivity index (χ1n) is 8.27. The number of anilines is 1. The second-order valence-electron chi connectivity index (χ2n) is 5.88. The number of pyridine rings is 1. The maximum atomic E-state index is 12.5. The molecule has 2 N–H and O–H groups in total. The molecule has 0 saturated heterocycles. The molecule has 2 amide bonds. The van der Waals surface area contributed by atoms with Gasteiger partial charge in [0.1, 0.15) is 12.2 Å². The Morgan fingerprint density at radius 1 is 1.08 bits per heavy atom. The van der Waals surface area contributed by atoms with Crippen LogP contribution in [0.25, 0.3) is 0 Å². The normalized spacial score (nSPS) is 11.6. The van der Waals surface area contributed by atoms with E-state index < -0.39 is 0 Å². The van der Waals surface area contributed by atoms with Crippen LogP contribution in [0.2, 0.25) is 0 Å². The minimum Gasteiger partial charge on any atom is -0.348 e. The van der Waals surface area contributed by atoms with Crippen molar-refractivity contribution < 1.29 is 9.59 Å². The maximum absolute atomic E-state index is 12.5. The lowest BCUT2D eigenvalue weighted by molar-refractivity contribution is -0.122. The zero-order valence-electron chi connectivity index (χ0n) is 14.7. The highest BCUT2D eigenvalue weighted by Crippen LogP contribution is 2.11. The van der Waals surface area contributed by atoms with Gasteiger partial charge in [-0.05, 0) is 31.5 Å². The first-order valence-corrected chi connectivity index (χ1v) is 8.27. The number of hydrogen-bond acceptors (Lipinski definition) is 3. The molecule has 1 atom stereocenters. The standard InChI is InChI=1S/C19H23N3O3/c1-4-17(23)21-16-11-10-13(2)22(19(16)25)12-18(24)20-14(3)15-8-6-5-7-9-15/h5-11,14H,4,12H2,1-3H3,(H,20,24)(H,21,23). The van der Waals surface area contributed by atoms with E-state index in [1.165, 1.54) is 4.57 Å². The molecule has 132 valence electrons. The molecule has 0 bridgehead atoms. The van der Waals surface area contributed by atoms with Gasteiger partial charge in [0.2, 0.25) is 11.8 Å². The smallest absolute Gasteiger partial charge is 0.274 e. The average Bonchev–Trinajstić information content (AvgIpc) is 2.61. The first kappa shape index (κ1) is 18.4. The lowest BCUT2D eigenvalue weighted by Crippen LogP contribution is -2.35. The number of nitrogens with one attached hydrogen (secondary N) is 2. The van der Waals surface area contributed by atoms with Gasteiger partial charge in [-0.25, -0.2) is 0 Å². The predicted octanol–water partition coefficient (Wildman–Crippen LogP) is 2.38. The van der Waals surface area contributed by atoms with Gasteiger partial charge < -0.3 is 15.2 Å². The largest absolute Gasteiger partial charge is 0.348 e. The molecule has 0 fully saturated rings. The summed E-state index contributed by atoms with van der Waals surface area (Å²) in [5, 5.41) is 5.45. The third kappa shape index (κ3) is 4.79. The van der Waals surface area contributed by atoms with Gasteiger partial charge in [-0.3, -0.25) is 14.4 Å². The van der Waals surface area contributed by atoms with Crippen molar-refractivity contribution in [3.63, 3.8) is 0 Å². The number of carbonyl (C=O) groups is 2. The molecule has 0 spiro atoms. The van der Waals surface area contributed by atoms with E-state index in [4.69, 9.17) is 0 Å².